The molecule has 0 aromatic heterocycles. The van der Waals surface area contributed by atoms with Crippen molar-refractivity contribution in [2.45, 2.75) is 77.2 Å². The number of hydrogen-bond acceptors (Lipinski definition) is 3. The number of rotatable bonds is 17. The largest absolute Gasteiger partial charge is 0.699 e. The molecular weight excluding hydrogens is 436 g/mol. The monoisotopic (exact) mass is 476 g/mol. The van der Waals surface area contributed by atoms with Gasteiger partial charge in [-0.25, -0.2) is 0 Å². The van der Waals surface area contributed by atoms with Gasteiger partial charge in [0.1, 0.15) is 17.2 Å². The normalized spacial score (nSPS) is 11.2. The second-order valence-electron chi connectivity index (χ2n) is 8.86. The minimum atomic E-state index is -3.11. The van der Waals surface area contributed by atoms with E-state index in [4.69, 9.17) is 13.3 Å². The second kappa shape index (κ2) is 15.2. The summed E-state index contributed by atoms with van der Waals surface area (Å²) < 4.78 is 19.8. The van der Waals surface area contributed by atoms with Crippen molar-refractivity contribution in [1.29, 1.82) is 0 Å². The lowest BCUT2D eigenvalue weighted by molar-refractivity contribution is 0.258. The lowest BCUT2D eigenvalue weighted by Gasteiger charge is -2.30. The molecule has 3 nitrogen and oxygen atoms in total. The zero-order valence-electron chi connectivity index (χ0n) is 20.7. The van der Waals surface area contributed by atoms with Gasteiger partial charge in [0.05, 0.1) is 6.04 Å². The van der Waals surface area contributed by atoms with Crippen LogP contribution in [-0.2, 0) is 0 Å². The number of para-hydroxylation sites is 3. The molecule has 0 amide bonds. The number of benzene rings is 3. The molecule has 0 unspecified atom stereocenters. The molecule has 34 heavy (non-hydrogen) atoms. The molecule has 182 valence electrons. The minimum absolute atomic E-state index is 0.766. The van der Waals surface area contributed by atoms with Crippen molar-refractivity contribution in [2.24, 2.45) is 0 Å². The van der Waals surface area contributed by atoms with E-state index in [1.54, 1.807) is 0 Å². The molecule has 3 rings (SSSR count). The van der Waals surface area contributed by atoms with Gasteiger partial charge < -0.3 is 13.3 Å². The van der Waals surface area contributed by atoms with E-state index in [1.807, 2.05) is 91.0 Å². The van der Waals surface area contributed by atoms with Crippen molar-refractivity contribution in [3.05, 3.63) is 91.0 Å². The van der Waals surface area contributed by atoms with Crippen LogP contribution in [0.1, 0.15) is 71.1 Å². The molecule has 0 aliphatic heterocycles. The van der Waals surface area contributed by atoms with Crippen molar-refractivity contribution in [3.63, 3.8) is 0 Å². The van der Waals surface area contributed by atoms with Gasteiger partial charge in [0.15, 0.2) is 0 Å². The molecule has 0 radical (unpaired) electrons. The topological polar surface area (TPSA) is 27.7 Å². The fraction of sp³-hybridized carbons (Fsp3) is 0.400. The van der Waals surface area contributed by atoms with Crippen LogP contribution in [-0.4, -0.2) is 8.80 Å². The standard InChI is InChI=1S/C30H40O3Si/c1-2-3-4-5-6-7-8-9-10-20-27-34(31-28-21-14-11-15-22-28,32-29-23-16-12-17-24-29)33-30-25-18-13-19-26-30/h11-19,21-26H,2-10,20,27H2,1H3. The molecule has 0 fully saturated rings. The Hall–Kier alpha value is -2.72. The first-order valence-corrected chi connectivity index (χ1v) is 14.9. The van der Waals surface area contributed by atoms with E-state index >= 15 is 0 Å². The van der Waals surface area contributed by atoms with Crippen molar-refractivity contribution in [2.75, 3.05) is 0 Å². The molecule has 4 heteroatoms. The third kappa shape index (κ3) is 9.64. The molecular formula is C30H40O3Si. The summed E-state index contributed by atoms with van der Waals surface area (Å²) in [5.74, 6) is 2.36. The Bertz CT molecular complexity index is 785. The summed E-state index contributed by atoms with van der Waals surface area (Å²) in [6.07, 6.45) is 12.9. The highest BCUT2D eigenvalue weighted by molar-refractivity contribution is 6.63. The van der Waals surface area contributed by atoms with Gasteiger partial charge in [0.2, 0.25) is 0 Å². The van der Waals surface area contributed by atoms with Crippen LogP contribution in [0.5, 0.6) is 17.2 Å². The minimum Gasteiger partial charge on any atom is -0.483 e. The van der Waals surface area contributed by atoms with Crippen LogP contribution in [0, 0.1) is 0 Å². The summed E-state index contributed by atoms with van der Waals surface area (Å²) >= 11 is 0. The van der Waals surface area contributed by atoms with Crippen molar-refractivity contribution in [3.8, 4) is 17.2 Å². The van der Waals surface area contributed by atoms with Crippen LogP contribution in [0.25, 0.3) is 0 Å². The maximum Gasteiger partial charge on any atom is 0.699 e. The van der Waals surface area contributed by atoms with Crippen LogP contribution < -0.4 is 13.3 Å². The Balaban J connectivity index is 1.65. The molecule has 3 aromatic rings. The van der Waals surface area contributed by atoms with E-state index in [0.29, 0.717) is 0 Å². The van der Waals surface area contributed by atoms with Gasteiger partial charge in [-0.05, 0) is 42.8 Å². The average molecular weight is 477 g/mol. The maximum atomic E-state index is 6.59. The van der Waals surface area contributed by atoms with Crippen LogP contribution in [0.4, 0.5) is 0 Å². The summed E-state index contributed by atoms with van der Waals surface area (Å²) in [5, 5.41) is 0. The highest BCUT2D eigenvalue weighted by Crippen LogP contribution is 2.28. The summed E-state index contributed by atoms with van der Waals surface area (Å²) in [6, 6.07) is 30.5. The van der Waals surface area contributed by atoms with Gasteiger partial charge in [-0.3, -0.25) is 0 Å². The molecule has 0 saturated carbocycles. The number of hydrogen-bond donors (Lipinski definition) is 0. The van der Waals surface area contributed by atoms with Gasteiger partial charge in [0.25, 0.3) is 0 Å². The fourth-order valence-electron chi connectivity index (χ4n) is 4.05. The third-order valence-corrected chi connectivity index (χ3v) is 8.49. The molecule has 0 bridgehead atoms. The van der Waals surface area contributed by atoms with Crippen LogP contribution in [0.15, 0.2) is 91.0 Å². The first-order chi connectivity index (χ1) is 16.8. The van der Waals surface area contributed by atoms with E-state index in [2.05, 4.69) is 6.92 Å². The lowest BCUT2D eigenvalue weighted by Crippen LogP contribution is -2.54. The van der Waals surface area contributed by atoms with Gasteiger partial charge in [-0.15, -0.1) is 0 Å². The van der Waals surface area contributed by atoms with E-state index in [1.165, 1.54) is 51.4 Å². The van der Waals surface area contributed by atoms with Gasteiger partial charge in [-0.2, -0.15) is 0 Å². The summed E-state index contributed by atoms with van der Waals surface area (Å²) in [4.78, 5) is 0. The quantitative estimate of drug-likeness (QED) is 0.144. The second-order valence-corrected chi connectivity index (χ2v) is 11.3. The third-order valence-electron chi connectivity index (χ3n) is 5.89. The van der Waals surface area contributed by atoms with Crippen LogP contribution in [0.2, 0.25) is 6.04 Å². The summed E-state index contributed by atoms with van der Waals surface area (Å²) in [5.41, 5.74) is 0. The Morgan fingerprint density at radius 3 is 1.12 bits per heavy atom. The molecule has 0 spiro atoms. The van der Waals surface area contributed by atoms with Crippen LogP contribution in [0.3, 0.4) is 0 Å². The fourth-order valence-corrected chi connectivity index (χ4v) is 6.65. The average Bonchev–Trinajstić information content (AvgIpc) is 2.87. The van der Waals surface area contributed by atoms with E-state index in [0.717, 1.165) is 36.1 Å². The molecule has 0 aliphatic carbocycles. The zero-order valence-corrected chi connectivity index (χ0v) is 21.7. The van der Waals surface area contributed by atoms with Crippen molar-refractivity contribution < 1.29 is 13.3 Å². The van der Waals surface area contributed by atoms with Crippen LogP contribution >= 0.6 is 0 Å². The molecule has 0 N–H and O–H groups in total. The summed E-state index contributed by atoms with van der Waals surface area (Å²) in [6.45, 7) is 2.27. The number of unbranched alkanes of at least 4 members (excludes halogenated alkanes) is 9. The maximum absolute atomic E-state index is 6.59. The molecule has 0 heterocycles. The Kier molecular flexibility index (Phi) is 11.6. The smallest absolute Gasteiger partial charge is 0.483 e. The van der Waals surface area contributed by atoms with Crippen molar-refractivity contribution in [1.82, 2.24) is 0 Å². The predicted molar refractivity (Wildman–Crippen MR) is 144 cm³/mol. The highest BCUT2D eigenvalue weighted by atomic mass is 28.4. The predicted octanol–water partition coefficient (Wildman–Crippen LogP) is 9.08. The Morgan fingerprint density at radius 2 is 0.765 bits per heavy atom. The van der Waals surface area contributed by atoms with E-state index < -0.39 is 8.80 Å². The molecule has 3 aromatic carbocycles. The SMILES string of the molecule is CCCCCCCCCCCC[Si](Oc1ccccc1)(Oc1ccccc1)Oc1ccccc1. The lowest BCUT2D eigenvalue weighted by atomic mass is 10.1. The highest BCUT2D eigenvalue weighted by Gasteiger charge is 2.48. The molecule has 0 aliphatic rings. The zero-order chi connectivity index (χ0) is 23.7. The molecule has 0 atom stereocenters. The van der Waals surface area contributed by atoms with E-state index in [-0.39, 0.29) is 0 Å². The van der Waals surface area contributed by atoms with Crippen molar-refractivity contribution >= 4 is 8.80 Å². The van der Waals surface area contributed by atoms with Gasteiger partial charge in [-0.1, -0.05) is 119 Å². The van der Waals surface area contributed by atoms with Gasteiger partial charge >= 0.3 is 8.80 Å². The van der Waals surface area contributed by atoms with E-state index in [9.17, 15) is 0 Å². The first kappa shape index (κ1) is 25.9. The summed E-state index contributed by atoms with van der Waals surface area (Å²) in [7, 11) is -3.11. The Morgan fingerprint density at radius 1 is 0.441 bits per heavy atom. The Labute approximate surface area is 207 Å². The molecule has 0 saturated heterocycles. The van der Waals surface area contributed by atoms with Gasteiger partial charge in [0, 0.05) is 0 Å². The first-order valence-electron chi connectivity index (χ1n) is 13.0.